The first-order valence-electron chi connectivity index (χ1n) is 18.8. The van der Waals surface area contributed by atoms with Gasteiger partial charge in [-0.2, -0.15) is 0 Å². The summed E-state index contributed by atoms with van der Waals surface area (Å²) < 4.78 is 5.17. The summed E-state index contributed by atoms with van der Waals surface area (Å²) in [5.41, 5.74) is 15.0. The van der Waals surface area contributed by atoms with Crippen molar-refractivity contribution < 1.29 is 0 Å². The van der Waals surface area contributed by atoms with Gasteiger partial charge in [0, 0.05) is 58.5 Å². The van der Waals surface area contributed by atoms with Crippen LogP contribution < -0.4 is 4.90 Å². The molecular weight excluding hydrogens is 673 g/mol. The Kier molecular flexibility index (Phi) is 6.03. The number of aromatic nitrogens is 1. The number of fused-ring (bicyclic) bond motifs is 12. The quantitative estimate of drug-likeness (QED) is 0.177. The van der Waals surface area contributed by atoms with E-state index in [1.54, 1.807) is 0 Å². The van der Waals surface area contributed by atoms with E-state index >= 15 is 0 Å². The van der Waals surface area contributed by atoms with E-state index in [1.165, 1.54) is 91.6 Å². The number of nitrogens with zero attached hydrogens (tertiary/aromatic N) is 2. The molecule has 0 bridgehead atoms. The van der Waals surface area contributed by atoms with Gasteiger partial charge in [-0.05, 0) is 81.9 Å². The third-order valence-electron chi connectivity index (χ3n) is 12.1. The minimum Gasteiger partial charge on any atom is -0.308 e. The van der Waals surface area contributed by atoms with Gasteiger partial charge in [0.2, 0.25) is 0 Å². The molecule has 0 spiro atoms. The molecule has 2 nitrogen and oxygen atoms in total. The van der Waals surface area contributed by atoms with Crippen molar-refractivity contribution in [3.05, 3.63) is 181 Å². The molecule has 12 rings (SSSR count). The number of para-hydroxylation sites is 3. The summed E-state index contributed by atoms with van der Waals surface area (Å²) in [6.07, 6.45) is 0. The van der Waals surface area contributed by atoms with E-state index in [9.17, 15) is 0 Å². The molecule has 3 aromatic heterocycles. The average Bonchev–Trinajstić information content (AvgIpc) is 3.93. The van der Waals surface area contributed by atoms with E-state index in [4.69, 9.17) is 0 Å². The van der Waals surface area contributed by atoms with Crippen LogP contribution >= 0.6 is 11.3 Å². The SMILES string of the molecule is CC1(C)c2ccccc2-c2cc(N(c3ccc(-c4cccc5sc6ccccc6c45)cc3)c3cccc4c5cccc6c7ccccc7n(c34)c65)ccc21. The van der Waals surface area contributed by atoms with Gasteiger partial charge < -0.3 is 9.30 Å². The number of anilines is 3. The zero-order chi connectivity index (χ0) is 35.7. The van der Waals surface area contributed by atoms with Crippen LogP contribution in [-0.2, 0) is 5.41 Å². The van der Waals surface area contributed by atoms with Crippen molar-refractivity contribution in [2.24, 2.45) is 0 Å². The maximum atomic E-state index is 2.51. The molecule has 8 aromatic carbocycles. The lowest BCUT2D eigenvalue weighted by Crippen LogP contribution is -2.15. The third kappa shape index (κ3) is 3.94. The smallest absolute Gasteiger partial charge is 0.0782 e. The molecule has 54 heavy (non-hydrogen) atoms. The van der Waals surface area contributed by atoms with Crippen molar-refractivity contribution in [2.75, 3.05) is 4.90 Å². The zero-order valence-corrected chi connectivity index (χ0v) is 30.8. The fourth-order valence-electron chi connectivity index (χ4n) is 9.71. The van der Waals surface area contributed by atoms with E-state index in [-0.39, 0.29) is 5.41 Å². The molecule has 0 unspecified atom stereocenters. The maximum absolute atomic E-state index is 2.51. The molecule has 0 atom stereocenters. The summed E-state index contributed by atoms with van der Waals surface area (Å²) in [4.78, 5) is 2.49. The van der Waals surface area contributed by atoms with Gasteiger partial charge in [0.1, 0.15) is 0 Å². The van der Waals surface area contributed by atoms with Crippen LogP contribution in [0.2, 0.25) is 0 Å². The summed E-state index contributed by atoms with van der Waals surface area (Å²) in [7, 11) is 0. The normalized spacial score (nSPS) is 13.5. The number of hydrogen-bond donors (Lipinski definition) is 0. The van der Waals surface area contributed by atoms with E-state index < -0.39 is 0 Å². The first-order chi connectivity index (χ1) is 26.6. The van der Waals surface area contributed by atoms with Crippen molar-refractivity contribution in [3.8, 4) is 22.3 Å². The molecule has 0 saturated carbocycles. The summed E-state index contributed by atoms with van der Waals surface area (Å²) in [5.74, 6) is 0. The molecular formula is C51H34N2S. The van der Waals surface area contributed by atoms with E-state index in [0.29, 0.717) is 0 Å². The van der Waals surface area contributed by atoms with Gasteiger partial charge in [0.25, 0.3) is 0 Å². The lowest BCUT2D eigenvalue weighted by molar-refractivity contribution is 0.660. The fourth-order valence-corrected chi connectivity index (χ4v) is 10.8. The molecule has 3 heterocycles. The molecule has 254 valence electrons. The van der Waals surface area contributed by atoms with Crippen LogP contribution in [-0.4, -0.2) is 4.40 Å². The molecule has 11 aromatic rings. The zero-order valence-electron chi connectivity index (χ0n) is 30.0. The van der Waals surface area contributed by atoms with Crippen LogP contribution in [0.25, 0.3) is 80.5 Å². The van der Waals surface area contributed by atoms with Crippen LogP contribution in [0.3, 0.4) is 0 Å². The topological polar surface area (TPSA) is 7.65 Å². The number of rotatable bonds is 4. The highest BCUT2D eigenvalue weighted by Crippen LogP contribution is 2.52. The Balaban J connectivity index is 1.12. The molecule has 0 N–H and O–H groups in total. The highest BCUT2D eigenvalue weighted by Gasteiger charge is 2.36. The largest absolute Gasteiger partial charge is 0.308 e. The van der Waals surface area contributed by atoms with Crippen LogP contribution in [0, 0.1) is 0 Å². The Bertz CT molecular complexity index is 3310. The van der Waals surface area contributed by atoms with Crippen LogP contribution in [0.5, 0.6) is 0 Å². The minimum absolute atomic E-state index is 0.0604. The highest BCUT2D eigenvalue weighted by molar-refractivity contribution is 7.25. The van der Waals surface area contributed by atoms with Crippen molar-refractivity contribution >= 4 is 86.7 Å². The van der Waals surface area contributed by atoms with Crippen LogP contribution in [0.1, 0.15) is 25.0 Å². The van der Waals surface area contributed by atoms with Crippen LogP contribution in [0.4, 0.5) is 17.1 Å². The fraction of sp³-hybridized carbons (Fsp3) is 0.0588. The predicted molar refractivity (Wildman–Crippen MR) is 232 cm³/mol. The van der Waals surface area contributed by atoms with Crippen molar-refractivity contribution in [1.29, 1.82) is 0 Å². The second kappa shape index (κ2) is 10.8. The van der Waals surface area contributed by atoms with Gasteiger partial charge in [-0.1, -0.05) is 135 Å². The summed E-state index contributed by atoms with van der Waals surface area (Å²) in [6, 6.07) is 63.3. The van der Waals surface area contributed by atoms with Gasteiger partial charge in [0.05, 0.1) is 22.2 Å². The van der Waals surface area contributed by atoms with E-state index in [0.717, 1.165) is 17.1 Å². The van der Waals surface area contributed by atoms with Crippen molar-refractivity contribution in [3.63, 3.8) is 0 Å². The Labute approximate surface area is 317 Å². The Morgan fingerprint density at radius 2 is 1.07 bits per heavy atom. The minimum atomic E-state index is -0.0604. The highest BCUT2D eigenvalue weighted by atomic mass is 32.1. The maximum Gasteiger partial charge on any atom is 0.0782 e. The Morgan fingerprint density at radius 3 is 1.94 bits per heavy atom. The Hall–Kier alpha value is -6.42. The van der Waals surface area contributed by atoms with Gasteiger partial charge in [-0.3, -0.25) is 0 Å². The van der Waals surface area contributed by atoms with Gasteiger partial charge in [-0.25, -0.2) is 0 Å². The second-order valence-corrected chi connectivity index (χ2v) is 16.4. The first kappa shape index (κ1) is 30.1. The number of hydrogen-bond acceptors (Lipinski definition) is 2. The predicted octanol–water partition coefficient (Wildman–Crippen LogP) is 14.6. The molecule has 0 radical (unpaired) electrons. The molecule has 1 aliphatic rings. The molecule has 0 aliphatic heterocycles. The average molecular weight is 707 g/mol. The molecule has 3 heteroatoms. The van der Waals surface area contributed by atoms with Crippen molar-refractivity contribution in [1.82, 2.24) is 4.40 Å². The summed E-state index contributed by atoms with van der Waals surface area (Å²) in [6.45, 7) is 4.71. The third-order valence-corrected chi connectivity index (χ3v) is 13.3. The lowest BCUT2D eigenvalue weighted by Gasteiger charge is -2.28. The second-order valence-electron chi connectivity index (χ2n) is 15.3. The molecule has 1 aliphatic carbocycles. The van der Waals surface area contributed by atoms with E-state index in [1.807, 2.05) is 11.3 Å². The summed E-state index contributed by atoms with van der Waals surface area (Å²) >= 11 is 1.87. The first-order valence-corrected chi connectivity index (χ1v) is 19.6. The number of benzene rings is 8. The van der Waals surface area contributed by atoms with Crippen molar-refractivity contribution in [2.45, 2.75) is 19.3 Å². The monoisotopic (exact) mass is 706 g/mol. The van der Waals surface area contributed by atoms with Gasteiger partial charge >= 0.3 is 0 Å². The molecule has 0 saturated heterocycles. The van der Waals surface area contributed by atoms with Crippen LogP contribution in [0.15, 0.2) is 170 Å². The lowest BCUT2D eigenvalue weighted by atomic mass is 9.82. The Morgan fingerprint density at radius 1 is 0.463 bits per heavy atom. The summed E-state index contributed by atoms with van der Waals surface area (Å²) in [5, 5.41) is 7.81. The standard InChI is InChI=1S/C51H34N2S/c1-51(2)42-19-6-3-12-35(42)41-30-33(28-29-43(41)51)52(32-26-24-31(25-27-32)34-15-11-23-47-48(34)40-14-5-8-22-46(40)54-47)45-21-10-18-39-38-17-9-16-37-36-13-4-7-20-44(36)53(49(37)38)50(39)45/h3-30H,1-2H3. The molecule has 0 fully saturated rings. The van der Waals surface area contributed by atoms with E-state index in [2.05, 4.69) is 193 Å². The van der Waals surface area contributed by atoms with Gasteiger partial charge in [-0.15, -0.1) is 11.3 Å². The number of thiophene rings is 1. The molecule has 0 amide bonds. The van der Waals surface area contributed by atoms with Gasteiger partial charge in [0.15, 0.2) is 0 Å².